The first-order valence-electron chi connectivity index (χ1n) is 7.47. The Kier molecular flexibility index (Phi) is 3.45. The maximum absolute atomic E-state index is 7.78. The molecule has 0 spiro atoms. The number of para-hydroxylation sites is 1. The summed E-state index contributed by atoms with van der Waals surface area (Å²) in [5.74, 6) is 1.04. The van der Waals surface area contributed by atoms with Crippen LogP contribution in [0.3, 0.4) is 0 Å². The molecule has 2 unspecified atom stereocenters. The van der Waals surface area contributed by atoms with Gasteiger partial charge in [-0.25, -0.2) is 0 Å². The molecule has 0 radical (unpaired) electrons. The summed E-state index contributed by atoms with van der Waals surface area (Å²) in [5.41, 5.74) is 7.82. The molecular formula is C16H23N3. The summed E-state index contributed by atoms with van der Waals surface area (Å²) in [6, 6.07) is 8.82. The second-order valence-corrected chi connectivity index (χ2v) is 5.88. The Morgan fingerprint density at radius 2 is 1.84 bits per heavy atom. The molecular weight excluding hydrogens is 234 g/mol. The lowest BCUT2D eigenvalue weighted by Gasteiger charge is -2.46. The van der Waals surface area contributed by atoms with Crippen LogP contribution in [0, 0.1) is 11.3 Å². The molecule has 102 valence electrons. The number of amidine groups is 1. The number of fused-ring (bicyclic) bond motifs is 1. The fourth-order valence-corrected chi connectivity index (χ4v) is 3.88. The van der Waals surface area contributed by atoms with Gasteiger partial charge < -0.3 is 10.6 Å². The first-order valence-corrected chi connectivity index (χ1v) is 7.47. The summed E-state index contributed by atoms with van der Waals surface area (Å²) >= 11 is 0. The number of nitrogen functional groups attached to an aromatic ring is 1. The minimum absolute atomic E-state index is 0.188. The average Bonchev–Trinajstić information content (AvgIpc) is 2.46. The Hall–Kier alpha value is -1.51. The molecule has 2 aliphatic rings. The van der Waals surface area contributed by atoms with Crippen LogP contribution in [-0.4, -0.2) is 18.4 Å². The van der Waals surface area contributed by atoms with Crippen molar-refractivity contribution in [2.24, 2.45) is 11.7 Å². The van der Waals surface area contributed by atoms with Gasteiger partial charge in [0.05, 0.1) is 0 Å². The SMILES string of the molecule is N=C(N)c1ccccc1N1CCCC2CCCCC21. The van der Waals surface area contributed by atoms with Gasteiger partial charge in [-0.1, -0.05) is 25.0 Å². The molecule has 1 heterocycles. The monoisotopic (exact) mass is 257 g/mol. The van der Waals surface area contributed by atoms with Crippen molar-refractivity contribution in [1.82, 2.24) is 0 Å². The van der Waals surface area contributed by atoms with E-state index in [-0.39, 0.29) is 5.84 Å². The van der Waals surface area contributed by atoms with Crippen molar-refractivity contribution in [2.75, 3.05) is 11.4 Å². The second-order valence-electron chi connectivity index (χ2n) is 5.88. The van der Waals surface area contributed by atoms with Gasteiger partial charge in [0.25, 0.3) is 0 Å². The van der Waals surface area contributed by atoms with E-state index in [0.29, 0.717) is 6.04 Å². The van der Waals surface area contributed by atoms with Crippen LogP contribution in [0.15, 0.2) is 24.3 Å². The quantitative estimate of drug-likeness (QED) is 0.631. The van der Waals surface area contributed by atoms with Gasteiger partial charge in [0.1, 0.15) is 5.84 Å². The van der Waals surface area contributed by atoms with Crippen molar-refractivity contribution in [2.45, 2.75) is 44.6 Å². The molecule has 0 aromatic heterocycles. The third-order valence-corrected chi connectivity index (χ3v) is 4.75. The molecule has 1 aromatic carbocycles. The summed E-state index contributed by atoms with van der Waals surface area (Å²) in [4.78, 5) is 2.53. The number of nitrogens with zero attached hydrogens (tertiary/aromatic N) is 1. The van der Waals surface area contributed by atoms with E-state index in [2.05, 4.69) is 17.0 Å². The normalized spacial score (nSPS) is 26.8. The van der Waals surface area contributed by atoms with Gasteiger partial charge in [0, 0.05) is 23.8 Å². The minimum atomic E-state index is 0.188. The summed E-state index contributed by atoms with van der Waals surface area (Å²) < 4.78 is 0. The van der Waals surface area contributed by atoms with E-state index in [1.807, 2.05) is 12.1 Å². The smallest absolute Gasteiger partial charge is 0.124 e. The highest BCUT2D eigenvalue weighted by atomic mass is 15.2. The summed E-state index contributed by atoms with van der Waals surface area (Å²) in [5, 5.41) is 7.78. The van der Waals surface area contributed by atoms with Gasteiger partial charge in [0.2, 0.25) is 0 Å². The van der Waals surface area contributed by atoms with Crippen molar-refractivity contribution < 1.29 is 0 Å². The molecule has 2 atom stereocenters. The molecule has 3 N–H and O–H groups in total. The van der Waals surface area contributed by atoms with Crippen LogP contribution in [0.4, 0.5) is 5.69 Å². The van der Waals surface area contributed by atoms with Crippen LogP contribution in [0.5, 0.6) is 0 Å². The summed E-state index contributed by atoms with van der Waals surface area (Å²) in [7, 11) is 0. The van der Waals surface area contributed by atoms with E-state index in [1.54, 1.807) is 0 Å². The molecule has 3 rings (SSSR count). The van der Waals surface area contributed by atoms with Crippen LogP contribution in [0.2, 0.25) is 0 Å². The Labute approximate surface area is 115 Å². The number of hydrogen-bond acceptors (Lipinski definition) is 2. The number of anilines is 1. The fraction of sp³-hybridized carbons (Fsp3) is 0.562. The zero-order valence-corrected chi connectivity index (χ0v) is 11.4. The number of rotatable bonds is 2. The van der Waals surface area contributed by atoms with Crippen molar-refractivity contribution in [3.05, 3.63) is 29.8 Å². The first-order chi connectivity index (χ1) is 9.27. The molecule has 2 fully saturated rings. The van der Waals surface area contributed by atoms with Gasteiger partial charge in [0.15, 0.2) is 0 Å². The average molecular weight is 257 g/mol. The van der Waals surface area contributed by atoms with E-state index in [0.717, 1.165) is 18.0 Å². The maximum atomic E-state index is 7.78. The van der Waals surface area contributed by atoms with Gasteiger partial charge in [-0.3, -0.25) is 5.41 Å². The zero-order chi connectivity index (χ0) is 13.2. The highest BCUT2D eigenvalue weighted by molar-refractivity contribution is 6.00. The number of nitrogens with two attached hydrogens (primary N) is 1. The first kappa shape index (κ1) is 12.5. The third kappa shape index (κ3) is 2.34. The van der Waals surface area contributed by atoms with Gasteiger partial charge >= 0.3 is 0 Å². The van der Waals surface area contributed by atoms with Crippen molar-refractivity contribution >= 4 is 11.5 Å². The lowest BCUT2D eigenvalue weighted by atomic mass is 9.78. The zero-order valence-electron chi connectivity index (χ0n) is 11.4. The van der Waals surface area contributed by atoms with Crippen LogP contribution in [-0.2, 0) is 0 Å². The molecule has 1 aliphatic heterocycles. The largest absolute Gasteiger partial charge is 0.384 e. The van der Waals surface area contributed by atoms with Crippen LogP contribution < -0.4 is 10.6 Å². The Bertz CT molecular complexity index is 467. The Morgan fingerprint density at radius 1 is 1.11 bits per heavy atom. The van der Waals surface area contributed by atoms with Crippen molar-refractivity contribution in [3.8, 4) is 0 Å². The van der Waals surface area contributed by atoms with E-state index in [1.165, 1.54) is 44.2 Å². The van der Waals surface area contributed by atoms with Crippen LogP contribution >= 0.6 is 0 Å². The topological polar surface area (TPSA) is 53.1 Å². The second kappa shape index (κ2) is 5.24. The minimum Gasteiger partial charge on any atom is -0.384 e. The molecule has 0 amide bonds. The fourth-order valence-electron chi connectivity index (χ4n) is 3.88. The molecule has 19 heavy (non-hydrogen) atoms. The van der Waals surface area contributed by atoms with Gasteiger partial charge in [-0.2, -0.15) is 0 Å². The third-order valence-electron chi connectivity index (χ3n) is 4.75. The molecule has 0 bridgehead atoms. The molecule has 1 saturated heterocycles. The highest BCUT2D eigenvalue weighted by Gasteiger charge is 2.34. The van der Waals surface area contributed by atoms with E-state index < -0.39 is 0 Å². The Morgan fingerprint density at radius 3 is 2.68 bits per heavy atom. The van der Waals surface area contributed by atoms with E-state index in [4.69, 9.17) is 11.1 Å². The lowest BCUT2D eigenvalue weighted by Crippen LogP contribution is -2.47. The predicted octanol–water partition coefficient (Wildman–Crippen LogP) is 3.13. The van der Waals surface area contributed by atoms with Crippen LogP contribution in [0.25, 0.3) is 0 Å². The van der Waals surface area contributed by atoms with Crippen molar-refractivity contribution in [3.63, 3.8) is 0 Å². The summed E-state index contributed by atoms with van der Waals surface area (Å²) in [6.45, 7) is 1.12. The molecule has 3 nitrogen and oxygen atoms in total. The van der Waals surface area contributed by atoms with Crippen molar-refractivity contribution in [1.29, 1.82) is 5.41 Å². The van der Waals surface area contributed by atoms with E-state index >= 15 is 0 Å². The molecule has 3 heteroatoms. The van der Waals surface area contributed by atoms with E-state index in [9.17, 15) is 0 Å². The Balaban J connectivity index is 1.94. The highest BCUT2D eigenvalue weighted by Crippen LogP contribution is 2.38. The number of nitrogens with one attached hydrogen (secondary N) is 1. The standard InChI is InChI=1S/C16H23N3/c17-16(18)13-8-2-4-10-15(13)19-11-5-7-12-6-1-3-9-14(12)19/h2,4,8,10,12,14H,1,3,5-7,9,11H2,(H3,17,18). The summed E-state index contributed by atoms with van der Waals surface area (Å²) in [6.07, 6.45) is 8.07. The number of benzene rings is 1. The number of piperidine rings is 1. The predicted molar refractivity (Wildman–Crippen MR) is 79.8 cm³/mol. The van der Waals surface area contributed by atoms with Gasteiger partial charge in [-0.05, 0) is 43.7 Å². The van der Waals surface area contributed by atoms with Crippen LogP contribution in [0.1, 0.15) is 44.1 Å². The lowest BCUT2D eigenvalue weighted by molar-refractivity contribution is 0.244. The number of hydrogen-bond donors (Lipinski definition) is 2. The molecule has 1 aromatic rings. The molecule has 1 saturated carbocycles. The maximum Gasteiger partial charge on any atom is 0.124 e. The van der Waals surface area contributed by atoms with Gasteiger partial charge in [-0.15, -0.1) is 0 Å². The molecule has 1 aliphatic carbocycles.